The van der Waals surface area contributed by atoms with Crippen molar-refractivity contribution in [2.75, 3.05) is 0 Å². The second-order valence-electron chi connectivity index (χ2n) is 7.63. The SMILES string of the molecule is O=C(O)C(=O)OC1CCC2C(=CCC3C4CC=CC4CCC23)C1. The van der Waals surface area contributed by atoms with E-state index in [0.717, 1.165) is 49.4 Å². The third-order valence-electron chi connectivity index (χ3n) is 6.63. The molecule has 0 aromatic carbocycles. The fourth-order valence-corrected chi connectivity index (χ4v) is 5.68. The summed E-state index contributed by atoms with van der Waals surface area (Å²) in [5.74, 6) is 1.28. The largest absolute Gasteiger partial charge is 0.473 e. The van der Waals surface area contributed by atoms with Gasteiger partial charge in [0.15, 0.2) is 0 Å². The first kappa shape index (κ1) is 15.0. The molecular weight excluding hydrogens is 292 g/mol. The number of aliphatic carboxylic acids is 1. The van der Waals surface area contributed by atoms with E-state index in [0.29, 0.717) is 5.92 Å². The smallest absolute Gasteiger partial charge is 0.417 e. The molecule has 4 nitrogen and oxygen atoms in total. The molecule has 0 aromatic heterocycles. The van der Waals surface area contributed by atoms with Crippen LogP contribution in [0.1, 0.15) is 44.9 Å². The first-order chi connectivity index (χ1) is 11.1. The fourth-order valence-electron chi connectivity index (χ4n) is 5.68. The molecule has 124 valence electrons. The summed E-state index contributed by atoms with van der Waals surface area (Å²) in [6.07, 6.45) is 14.6. The highest BCUT2D eigenvalue weighted by Gasteiger charge is 2.46. The van der Waals surface area contributed by atoms with Gasteiger partial charge < -0.3 is 9.84 Å². The number of allylic oxidation sites excluding steroid dienone is 3. The lowest BCUT2D eigenvalue weighted by molar-refractivity contribution is -0.168. The van der Waals surface area contributed by atoms with E-state index >= 15 is 0 Å². The first-order valence-electron chi connectivity index (χ1n) is 8.93. The molecule has 2 saturated carbocycles. The minimum atomic E-state index is -1.49. The van der Waals surface area contributed by atoms with E-state index in [-0.39, 0.29) is 6.10 Å². The number of carboxylic acid groups (broad SMARTS) is 1. The Hall–Kier alpha value is -1.58. The molecule has 6 unspecified atom stereocenters. The average Bonchev–Trinajstić information content (AvgIpc) is 3.03. The summed E-state index contributed by atoms with van der Waals surface area (Å²) in [7, 11) is 0. The van der Waals surface area contributed by atoms with E-state index in [1.54, 1.807) is 0 Å². The highest BCUT2D eigenvalue weighted by atomic mass is 16.6. The predicted octanol–water partition coefficient (Wildman–Crippen LogP) is 3.33. The van der Waals surface area contributed by atoms with E-state index in [9.17, 15) is 9.59 Å². The first-order valence-corrected chi connectivity index (χ1v) is 8.93. The molecule has 0 aliphatic heterocycles. The van der Waals surface area contributed by atoms with Crippen molar-refractivity contribution in [2.45, 2.75) is 51.0 Å². The van der Waals surface area contributed by atoms with Crippen molar-refractivity contribution in [1.29, 1.82) is 0 Å². The zero-order valence-electron chi connectivity index (χ0n) is 13.3. The van der Waals surface area contributed by atoms with Crippen LogP contribution < -0.4 is 0 Å². The number of ether oxygens (including phenoxy) is 1. The molecule has 0 heterocycles. The van der Waals surface area contributed by atoms with Crippen molar-refractivity contribution < 1.29 is 19.4 Å². The van der Waals surface area contributed by atoms with Gasteiger partial charge in [-0.2, -0.15) is 0 Å². The molecule has 0 saturated heterocycles. The Morgan fingerprint density at radius 2 is 1.91 bits per heavy atom. The van der Waals surface area contributed by atoms with Crippen LogP contribution in [0.4, 0.5) is 0 Å². The number of carboxylic acids is 1. The normalized spacial score (nSPS) is 41.3. The summed E-state index contributed by atoms with van der Waals surface area (Å²) in [6, 6.07) is 0. The van der Waals surface area contributed by atoms with Crippen LogP contribution in [-0.4, -0.2) is 23.1 Å². The van der Waals surface area contributed by atoms with E-state index in [1.807, 2.05) is 0 Å². The van der Waals surface area contributed by atoms with Crippen LogP contribution >= 0.6 is 0 Å². The summed E-state index contributed by atoms with van der Waals surface area (Å²) >= 11 is 0. The lowest BCUT2D eigenvalue weighted by atomic mass is 9.57. The lowest BCUT2D eigenvalue weighted by Gasteiger charge is -2.49. The average molecular weight is 316 g/mol. The third kappa shape index (κ3) is 2.62. The van der Waals surface area contributed by atoms with E-state index in [2.05, 4.69) is 18.2 Å². The number of hydrogen-bond acceptors (Lipinski definition) is 3. The van der Waals surface area contributed by atoms with Gasteiger partial charge in [0.1, 0.15) is 6.10 Å². The molecule has 0 aromatic rings. The van der Waals surface area contributed by atoms with Gasteiger partial charge in [0, 0.05) is 6.42 Å². The molecule has 4 aliphatic carbocycles. The molecule has 4 rings (SSSR count). The van der Waals surface area contributed by atoms with Gasteiger partial charge in [-0.15, -0.1) is 0 Å². The predicted molar refractivity (Wildman–Crippen MR) is 84.5 cm³/mol. The zero-order valence-corrected chi connectivity index (χ0v) is 13.3. The van der Waals surface area contributed by atoms with Gasteiger partial charge in [-0.1, -0.05) is 23.8 Å². The van der Waals surface area contributed by atoms with Gasteiger partial charge in [-0.3, -0.25) is 0 Å². The van der Waals surface area contributed by atoms with Gasteiger partial charge >= 0.3 is 11.9 Å². The molecule has 1 N–H and O–H groups in total. The van der Waals surface area contributed by atoms with Crippen LogP contribution in [-0.2, 0) is 14.3 Å². The summed E-state index contributed by atoms with van der Waals surface area (Å²) in [5, 5.41) is 8.69. The number of fused-ring (bicyclic) bond motifs is 5. The van der Waals surface area contributed by atoms with Gasteiger partial charge in [0.25, 0.3) is 0 Å². The standard InChI is InChI=1S/C19H24O4/c20-18(21)19(22)23-13-6-9-15-12(10-13)5-8-16-14-3-1-2-11(14)4-7-17(15)16/h1-2,5,11,13-17H,3-4,6-10H2,(H,20,21). The summed E-state index contributed by atoms with van der Waals surface area (Å²) in [5.41, 5.74) is 1.42. The quantitative estimate of drug-likeness (QED) is 0.458. The molecular formula is C19H24O4. The minimum absolute atomic E-state index is 0.248. The Morgan fingerprint density at radius 3 is 2.74 bits per heavy atom. The van der Waals surface area contributed by atoms with Crippen molar-refractivity contribution in [3.05, 3.63) is 23.8 Å². The van der Waals surface area contributed by atoms with Crippen LogP contribution in [0, 0.1) is 29.6 Å². The number of rotatable bonds is 1. The maximum atomic E-state index is 11.3. The van der Waals surface area contributed by atoms with Crippen LogP contribution in [0.15, 0.2) is 23.8 Å². The van der Waals surface area contributed by atoms with Gasteiger partial charge in [0.05, 0.1) is 0 Å². The van der Waals surface area contributed by atoms with Crippen molar-refractivity contribution in [1.82, 2.24) is 0 Å². The lowest BCUT2D eigenvalue weighted by Crippen LogP contribution is -2.41. The van der Waals surface area contributed by atoms with Crippen LogP contribution in [0.3, 0.4) is 0 Å². The Morgan fingerprint density at radius 1 is 1.04 bits per heavy atom. The van der Waals surface area contributed by atoms with Crippen LogP contribution in [0.25, 0.3) is 0 Å². The van der Waals surface area contributed by atoms with Crippen molar-refractivity contribution in [2.24, 2.45) is 29.6 Å². The topological polar surface area (TPSA) is 63.6 Å². The third-order valence-corrected chi connectivity index (χ3v) is 6.63. The van der Waals surface area contributed by atoms with Gasteiger partial charge in [-0.25, -0.2) is 9.59 Å². The molecule has 4 aliphatic rings. The van der Waals surface area contributed by atoms with Crippen molar-refractivity contribution >= 4 is 11.9 Å². The summed E-state index contributed by atoms with van der Waals surface area (Å²) < 4.78 is 5.12. The summed E-state index contributed by atoms with van der Waals surface area (Å²) in [6.45, 7) is 0. The van der Waals surface area contributed by atoms with Gasteiger partial charge in [-0.05, 0) is 68.1 Å². The molecule has 4 heteroatoms. The van der Waals surface area contributed by atoms with Gasteiger partial charge in [0.2, 0.25) is 0 Å². The molecule has 0 bridgehead atoms. The Balaban J connectivity index is 1.45. The fraction of sp³-hybridized carbons (Fsp3) is 0.684. The number of hydrogen-bond donors (Lipinski definition) is 1. The highest BCUT2D eigenvalue weighted by molar-refractivity contribution is 6.28. The highest BCUT2D eigenvalue weighted by Crippen LogP contribution is 2.54. The van der Waals surface area contributed by atoms with Crippen LogP contribution in [0.2, 0.25) is 0 Å². The second kappa shape index (κ2) is 5.81. The summed E-state index contributed by atoms with van der Waals surface area (Å²) in [4.78, 5) is 21.9. The molecule has 23 heavy (non-hydrogen) atoms. The molecule has 0 radical (unpaired) electrons. The molecule has 2 fully saturated rings. The second-order valence-corrected chi connectivity index (χ2v) is 7.63. The zero-order chi connectivity index (χ0) is 16.0. The van der Waals surface area contributed by atoms with E-state index in [4.69, 9.17) is 9.84 Å². The van der Waals surface area contributed by atoms with Crippen molar-refractivity contribution in [3.8, 4) is 0 Å². The Kier molecular flexibility index (Phi) is 3.78. The number of carbonyl (C=O) groups excluding carboxylic acids is 1. The Labute approximate surface area is 136 Å². The van der Waals surface area contributed by atoms with Crippen molar-refractivity contribution in [3.63, 3.8) is 0 Å². The molecule has 6 atom stereocenters. The maximum Gasteiger partial charge on any atom is 0.417 e. The monoisotopic (exact) mass is 316 g/mol. The Bertz CT molecular complexity index is 576. The molecule has 0 amide bonds. The number of esters is 1. The van der Waals surface area contributed by atoms with Crippen LogP contribution in [0.5, 0.6) is 0 Å². The van der Waals surface area contributed by atoms with E-state index < -0.39 is 11.9 Å². The number of carbonyl (C=O) groups is 2. The maximum absolute atomic E-state index is 11.3. The van der Waals surface area contributed by atoms with E-state index in [1.165, 1.54) is 24.8 Å². The molecule has 0 spiro atoms. The minimum Gasteiger partial charge on any atom is -0.473 e.